The van der Waals surface area contributed by atoms with Crippen molar-refractivity contribution in [3.8, 4) is 11.1 Å². The first kappa shape index (κ1) is 21.0. The van der Waals surface area contributed by atoms with Crippen LogP contribution in [0.4, 0.5) is 13.2 Å². The number of likely N-dealkylation sites (N-methyl/N-ethyl adjacent to an activating group) is 1. The number of halogens is 3. The molecule has 2 fully saturated rings. The summed E-state index contributed by atoms with van der Waals surface area (Å²) >= 11 is 0. The minimum Gasteiger partial charge on any atom is -0.303 e. The van der Waals surface area contributed by atoms with E-state index < -0.39 is 12.5 Å². The maximum Gasteiger partial charge on any atom is 0.446 e. The van der Waals surface area contributed by atoms with E-state index in [-0.39, 0.29) is 0 Å². The summed E-state index contributed by atoms with van der Waals surface area (Å²) in [5.74, 6) is 0.863. The maximum absolute atomic E-state index is 10.4. The molecule has 3 aliphatic rings. The molecule has 160 valence electrons. The Hall–Kier alpha value is -2.21. The average Bonchev–Trinajstić information content (AvgIpc) is 2.76. The smallest absolute Gasteiger partial charge is 0.303 e. The first-order valence-corrected chi connectivity index (χ1v) is 10.6. The van der Waals surface area contributed by atoms with Crippen molar-refractivity contribution in [1.82, 2.24) is 9.88 Å². The third kappa shape index (κ3) is 3.89. The highest BCUT2D eigenvalue weighted by Gasteiger charge is 2.52. The number of carbonyl (C=O) groups excluding carboxylic acids is 1. The van der Waals surface area contributed by atoms with Gasteiger partial charge in [-0.05, 0) is 73.5 Å². The fourth-order valence-corrected chi connectivity index (χ4v) is 5.91. The van der Waals surface area contributed by atoms with Crippen LogP contribution in [0.25, 0.3) is 11.1 Å². The van der Waals surface area contributed by atoms with Crippen molar-refractivity contribution in [3.63, 3.8) is 0 Å². The van der Waals surface area contributed by atoms with Crippen molar-refractivity contribution in [2.45, 2.75) is 56.2 Å². The van der Waals surface area contributed by atoms with Crippen molar-refractivity contribution < 1.29 is 18.0 Å². The van der Waals surface area contributed by atoms with Crippen molar-refractivity contribution in [2.24, 2.45) is 5.92 Å². The third-order valence-corrected chi connectivity index (χ3v) is 7.24. The molecule has 3 nitrogen and oxygen atoms in total. The Morgan fingerprint density at radius 3 is 2.67 bits per heavy atom. The topological polar surface area (TPSA) is 33.2 Å². The van der Waals surface area contributed by atoms with E-state index in [1.165, 1.54) is 56.2 Å². The van der Waals surface area contributed by atoms with Crippen LogP contribution >= 0.6 is 0 Å². The maximum atomic E-state index is 10.4. The van der Waals surface area contributed by atoms with Crippen molar-refractivity contribution in [3.05, 3.63) is 53.9 Å². The molecule has 0 radical (unpaired) electrons. The van der Waals surface area contributed by atoms with Gasteiger partial charge in [-0.3, -0.25) is 9.78 Å². The van der Waals surface area contributed by atoms with Gasteiger partial charge in [0.2, 0.25) is 6.29 Å². The van der Waals surface area contributed by atoms with Crippen LogP contribution < -0.4 is 0 Å². The van der Waals surface area contributed by atoms with E-state index in [9.17, 15) is 13.2 Å². The predicted octanol–water partition coefficient (Wildman–Crippen LogP) is 5.18. The van der Waals surface area contributed by atoms with Crippen molar-refractivity contribution in [2.75, 3.05) is 13.6 Å². The van der Waals surface area contributed by atoms with Crippen LogP contribution in [0.15, 0.2) is 42.7 Å². The van der Waals surface area contributed by atoms with Gasteiger partial charge in [-0.25, -0.2) is 0 Å². The van der Waals surface area contributed by atoms with Crippen LogP contribution in [0.2, 0.25) is 0 Å². The Balaban J connectivity index is 0.000000322. The number of aldehydes is 1. The fraction of sp³-hybridized carbons (Fsp3) is 0.500. The molecule has 30 heavy (non-hydrogen) atoms. The molecule has 5 rings (SSSR count). The highest BCUT2D eigenvalue weighted by atomic mass is 19.4. The monoisotopic (exact) mass is 416 g/mol. The summed E-state index contributed by atoms with van der Waals surface area (Å²) in [7, 11) is 2.35. The second kappa shape index (κ2) is 8.14. The SMILES string of the molecule is CN1CCC23CCCC[C@@H]2[C@@H]1Cc1ccc(-c2cccnc2)cc13.O=CC(F)(F)F. The van der Waals surface area contributed by atoms with Gasteiger partial charge in [-0.2, -0.15) is 13.2 Å². The molecule has 3 atom stereocenters. The molecule has 1 saturated carbocycles. The van der Waals surface area contributed by atoms with Crippen LogP contribution in [-0.2, 0) is 16.6 Å². The van der Waals surface area contributed by atoms with Crippen LogP contribution in [0.3, 0.4) is 0 Å². The Kier molecular flexibility index (Phi) is 5.71. The van der Waals surface area contributed by atoms with E-state index in [1.807, 2.05) is 18.5 Å². The van der Waals surface area contributed by atoms with Gasteiger partial charge in [-0.1, -0.05) is 37.1 Å². The number of alkyl halides is 3. The van der Waals surface area contributed by atoms with Gasteiger partial charge in [0.15, 0.2) is 0 Å². The van der Waals surface area contributed by atoms with E-state index in [2.05, 4.69) is 41.2 Å². The Bertz CT molecular complexity index is 899. The lowest BCUT2D eigenvalue weighted by atomic mass is 9.52. The average molecular weight is 416 g/mol. The van der Waals surface area contributed by atoms with E-state index in [0.717, 1.165) is 12.0 Å². The number of hydrogen-bond acceptors (Lipinski definition) is 3. The number of aromatic nitrogens is 1. The van der Waals surface area contributed by atoms with Crippen LogP contribution in [-0.4, -0.2) is 42.0 Å². The second-order valence-corrected chi connectivity index (χ2v) is 8.78. The molecular formula is C24H27F3N2O. The molecule has 1 aliphatic heterocycles. The molecule has 2 heterocycles. The zero-order valence-electron chi connectivity index (χ0n) is 17.2. The summed E-state index contributed by atoms with van der Waals surface area (Å²) in [4.78, 5) is 15.7. The second-order valence-electron chi connectivity index (χ2n) is 8.78. The summed E-state index contributed by atoms with van der Waals surface area (Å²) in [6.07, 6.45) is 6.39. The van der Waals surface area contributed by atoms with Crippen LogP contribution in [0.5, 0.6) is 0 Å². The summed E-state index contributed by atoms with van der Waals surface area (Å²) in [6.45, 7) is 1.26. The quantitative estimate of drug-likeness (QED) is 0.601. The highest BCUT2D eigenvalue weighted by Crippen LogP contribution is 2.55. The molecule has 2 aliphatic carbocycles. The van der Waals surface area contributed by atoms with Crippen molar-refractivity contribution in [1.29, 1.82) is 0 Å². The molecule has 1 aromatic carbocycles. The number of rotatable bonds is 1. The first-order valence-electron chi connectivity index (χ1n) is 10.6. The fourth-order valence-electron chi connectivity index (χ4n) is 5.91. The first-order chi connectivity index (χ1) is 14.3. The van der Waals surface area contributed by atoms with Crippen LogP contribution in [0, 0.1) is 5.92 Å². The minimum atomic E-state index is -4.64. The Morgan fingerprint density at radius 1 is 1.17 bits per heavy atom. The van der Waals surface area contributed by atoms with Gasteiger partial charge in [0.25, 0.3) is 0 Å². The number of fused-ring (bicyclic) bond motifs is 1. The number of carbonyl (C=O) groups is 1. The van der Waals surface area contributed by atoms with Gasteiger partial charge >= 0.3 is 6.18 Å². The lowest BCUT2D eigenvalue weighted by Crippen LogP contribution is -2.59. The predicted molar refractivity (Wildman–Crippen MR) is 110 cm³/mol. The lowest BCUT2D eigenvalue weighted by Gasteiger charge is -2.58. The normalized spacial score (nSPS) is 27.9. The molecule has 2 bridgehead atoms. The Morgan fingerprint density at radius 2 is 1.97 bits per heavy atom. The number of hydrogen-bond donors (Lipinski definition) is 0. The number of nitrogens with zero attached hydrogens (tertiary/aromatic N) is 2. The minimum absolute atomic E-state index is 0.446. The number of pyridine rings is 1. The number of piperidine rings is 1. The number of benzene rings is 1. The molecule has 6 heteroatoms. The number of likely N-dealkylation sites (tertiary alicyclic amines) is 1. The third-order valence-electron chi connectivity index (χ3n) is 7.24. The van der Waals surface area contributed by atoms with Gasteiger partial charge in [0, 0.05) is 23.9 Å². The zero-order valence-corrected chi connectivity index (χ0v) is 17.2. The highest BCUT2D eigenvalue weighted by molar-refractivity contribution is 5.65. The summed E-state index contributed by atoms with van der Waals surface area (Å²) in [5, 5.41) is 0. The van der Waals surface area contributed by atoms with E-state index >= 15 is 0 Å². The molecule has 2 aromatic rings. The summed E-state index contributed by atoms with van der Waals surface area (Å²) in [5.41, 5.74) is 6.33. The largest absolute Gasteiger partial charge is 0.446 e. The molecular weight excluding hydrogens is 389 g/mol. The molecule has 1 saturated heterocycles. The molecule has 0 N–H and O–H groups in total. The van der Waals surface area contributed by atoms with Crippen molar-refractivity contribution >= 4 is 6.29 Å². The van der Waals surface area contributed by atoms with E-state index in [1.54, 1.807) is 11.1 Å². The van der Waals surface area contributed by atoms with Gasteiger partial charge in [0.05, 0.1) is 0 Å². The molecule has 1 aromatic heterocycles. The van der Waals surface area contributed by atoms with Gasteiger partial charge in [0.1, 0.15) is 0 Å². The van der Waals surface area contributed by atoms with Gasteiger partial charge < -0.3 is 4.90 Å². The Labute approximate surface area is 175 Å². The summed E-state index contributed by atoms with van der Waals surface area (Å²) in [6, 6.07) is 12.2. The lowest BCUT2D eigenvalue weighted by molar-refractivity contribution is -0.156. The van der Waals surface area contributed by atoms with Crippen LogP contribution in [0.1, 0.15) is 43.2 Å². The van der Waals surface area contributed by atoms with E-state index in [0.29, 0.717) is 5.41 Å². The zero-order chi connectivity index (χ0) is 21.4. The molecule has 0 amide bonds. The van der Waals surface area contributed by atoms with E-state index in [4.69, 9.17) is 4.79 Å². The molecule has 0 spiro atoms. The molecule has 1 unspecified atom stereocenters. The van der Waals surface area contributed by atoms with Gasteiger partial charge in [-0.15, -0.1) is 0 Å². The summed E-state index contributed by atoms with van der Waals surface area (Å²) < 4.78 is 31.2. The standard InChI is InChI=1S/C22H26N2.C2HF3O/c1-24-12-10-22-9-3-2-6-19(22)21(24)14-17-8-7-16(13-20(17)22)18-5-4-11-23-15-18;3-2(4,5)1-6/h4-5,7-8,11,13,15,19,21H,2-3,6,9-10,12,14H2,1H3;1H/t19-,21+,22?;/m1./s1.